The van der Waals surface area contributed by atoms with Gasteiger partial charge in [-0.15, -0.1) is 0 Å². The lowest BCUT2D eigenvalue weighted by Gasteiger charge is -2.54. The first kappa shape index (κ1) is 15.6. The van der Waals surface area contributed by atoms with Crippen molar-refractivity contribution in [2.45, 2.75) is 38.3 Å². The quantitative estimate of drug-likeness (QED) is 0.889. The van der Waals surface area contributed by atoms with Crippen LogP contribution in [0.2, 0.25) is 5.02 Å². The summed E-state index contributed by atoms with van der Waals surface area (Å²) in [5.74, 6) is 0.793. The molecule has 0 spiro atoms. The topological polar surface area (TPSA) is 59.4 Å². The maximum atomic E-state index is 12.6. The number of benzene rings is 1. The molecule has 2 unspecified atom stereocenters. The number of amides is 2. The van der Waals surface area contributed by atoms with E-state index in [2.05, 4.69) is 23.2 Å². The van der Waals surface area contributed by atoms with E-state index >= 15 is 0 Å². The first-order chi connectivity index (χ1) is 11.5. The minimum absolute atomic E-state index is 0.00469. The Bertz CT molecular complexity index is 697. The fourth-order valence-corrected chi connectivity index (χ4v) is 4.49. The lowest BCUT2D eigenvalue weighted by atomic mass is 9.74. The molecule has 2 amide bonds. The number of carbonyl (C=O) groups is 1. The molecular formula is C18H21ClN4O. The van der Waals surface area contributed by atoms with Gasteiger partial charge in [-0.3, -0.25) is 0 Å². The molecule has 2 bridgehead atoms. The number of rotatable bonds is 2. The zero-order valence-electron chi connectivity index (χ0n) is 13.7. The molecule has 3 atom stereocenters. The summed E-state index contributed by atoms with van der Waals surface area (Å²) in [6.07, 6.45) is 3.37. The van der Waals surface area contributed by atoms with E-state index < -0.39 is 0 Å². The van der Waals surface area contributed by atoms with Gasteiger partial charge in [-0.2, -0.15) is 5.26 Å². The van der Waals surface area contributed by atoms with Gasteiger partial charge in [0.2, 0.25) is 0 Å². The number of nitriles is 1. The van der Waals surface area contributed by atoms with Gasteiger partial charge in [-0.1, -0.05) is 18.5 Å². The fourth-order valence-electron chi connectivity index (χ4n) is 4.26. The number of halogens is 1. The number of hydrogen-bond donors (Lipinski definition) is 1. The lowest BCUT2D eigenvalue weighted by Crippen LogP contribution is -2.63. The monoisotopic (exact) mass is 344 g/mol. The van der Waals surface area contributed by atoms with Crippen molar-refractivity contribution in [3.8, 4) is 6.07 Å². The second kappa shape index (κ2) is 5.86. The SMILES string of the molecule is CC1CC2C[C@@H](C1)N2C(=O)Nc1ccc(Cl)c(N2CC(C#N)C2)c1. The van der Waals surface area contributed by atoms with Crippen LogP contribution in [0.1, 0.15) is 26.2 Å². The second-order valence-corrected chi connectivity index (χ2v) is 7.76. The number of urea groups is 1. The summed E-state index contributed by atoms with van der Waals surface area (Å²) < 4.78 is 0. The zero-order chi connectivity index (χ0) is 16.8. The van der Waals surface area contributed by atoms with E-state index in [4.69, 9.17) is 16.9 Å². The Morgan fingerprint density at radius 3 is 2.67 bits per heavy atom. The summed E-state index contributed by atoms with van der Waals surface area (Å²) in [4.78, 5) is 16.7. The van der Waals surface area contributed by atoms with Gasteiger partial charge in [0.25, 0.3) is 0 Å². The van der Waals surface area contributed by atoms with Crippen molar-refractivity contribution in [1.82, 2.24) is 4.90 Å². The lowest BCUT2D eigenvalue weighted by molar-refractivity contribution is -0.00600. The fraction of sp³-hybridized carbons (Fsp3) is 0.556. The molecule has 3 saturated heterocycles. The average Bonchev–Trinajstić information content (AvgIpc) is 2.48. The van der Waals surface area contributed by atoms with Crippen molar-refractivity contribution in [2.75, 3.05) is 23.3 Å². The Balaban J connectivity index is 1.44. The van der Waals surface area contributed by atoms with Crippen molar-refractivity contribution < 1.29 is 4.79 Å². The Morgan fingerprint density at radius 2 is 2.00 bits per heavy atom. The first-order valence-corrected chi connectivity index (χ1v) is 8.96. The summed E-state index contributed by atoms with van der Waals surface area (Å²) >= 11 is 6.28. The summed E-state index contributed by atoms with van der Waals surface area (Å²) in [6, 6.07) is 8.61. The summed E-state index contributed by atoms with van der Waals surface area (Å²) in [6.45, 7) is 3.66. The van der Waals surface area contributed by atoms with Gasteiger partial charge in [0.1, 0.15) is 0 Å². The summed E-state index contributed by atoms with van der Waals surface area (Å²) in [5, 5.41) is 12.6. The van der Waals surface area contributed by atoms with Crippen molar-refractivity contribution in [1.29, 1.82) is 5.26 Å². The van der Waals surface area contributed by atoms with E-state index in [1.807, 2.05) is 23.1 Å². The van der Waals surface area contributed by atoms with E-state index in [0.29, 0.717) is 30.2 Å². The van der Waals surface area contributed by atoms with Crippen molar-refractivity contribution in [3.63, 3.8) is 0 Å². The number of fused-ring (bicyclic) bond motifs is 2. The summed E-state index contributed by atoms with van der Waals surface area (Å²) in [5.41, 5.74) is 1.65. The Morgan fingerprint density at radius 1 is 1.29 bits per heavy atom. The minimum atomic E-state index is -0.00469. The predicted molar refractivity (Wildman–Crippen MR) is 94.2 cm³/mol. The van der Waals surface area contributed by atoms with Crippen molar-refractivity contribution >= 4 is 29.0 Å². The van der Waals surface area contributed by atoms with Crippen LogP contribution in [0.15, 0.2) is 18.2 Å². The maximum Gasteiger partial charge on any atom is 0.322 e. The molecule has 24 heavy (non-hydrogen) atoms. The van der Waals surface area contributed by atoms with E-state index in [0.717, 1.165) is 36.6 Å². The van der Waals surface area contributed by atoms with Crippen LogP contribution in [0.25, 0.3) is 0 Å². The molecule has 1 aromatic carbocycles. The highest BCUT2D eigenvalue weighted by molar-refractivity contribution is 6.33. The number of nitrogens with zero attached hydrogens (tertiary/aromatic N) is 3. The van der Waals surface area contributed by atoms with Crippen LogP contribution in [-0.4, -0.2) is 36.1 Å². The van der Waals surface area contributed by atoms with Crippen LogP contribution >= 0.6 is 11.6 Å². The molecule has 6 heteroatoms. The molecule has 0 radical (unpaired) electrons. The molecule has 0 aromatic heterocycles. The highest BCUT2D eigenvalue weighted by Crippen LogP contribution is 2.41. The third kappa shape index (κ3) is 2.59. The smallest absolute Gasteiger partial charge is 0.322 e. The standard InChI is InChI=1S/C18H21ClN4O/c1-11-4-14-7-15(5-11)23(14)18(24)21-13-2-3-16(19)17(6-13)22-9-12(8-20)10-22/h2-3,6,11-12,14-15H,4-5,7,9-10H2,1H3,(H,21,24)/t11?,14-,15?/m1/s1. The highest BCUT2D eigenvalue weighted by Gasteiger charge is 2.46. The Labute approximate surface area is 147 Å². The van der Waals surface area contributed by atoms with Gasteiger partial charge < -0.3 is 15.1 Å². The molecule has 3 heterocycles. The Kier molecular flexibility index (Phi) is 3.80. The molecule has 1 aliphatic carbocycles. The number of anilines is 2. The molecule has 5 nitrogen and oxygen atoms in total. The molecule has 4 fully saturated rings. The van der Waals surface area contributed by atoms with Crippen molar-refractivity contribution in [3.05, 3.63) is 23.2 Å². The Hall–Kier alpha value is -1.93. The summed E-state index contributed by atoms with van der Waals surface area (Å²) in [7, 11) is 0. The molecular weight excluding hydrogens is 324 g/mol. The largest absolute Gasteiger partial charge is 0.367 e. The first-order valence-electron chi connectivity index (χ1n) is 8.58. The average molecular weight is 345 g/mol. The van der Waals surface area contributed by atoms with Gasteiger partial charge in [-0.05, 0) is 43.4 Å². The molecule has 1 saturated carbocycles. The number of carbonyl (C=O) groups excluding carboxylic acids is 1. The predicted octanol–water partition coefficient (Wildman–Crippen LogP) is 3.70. The molecule has 126 valence electrons. The molecule has 1 aromatic rings. The van der Waals surface area contributed by atoms with E-state index in [1.165, 1.54) is 0 Å². The van der Waals surface area contributed by atoms with Gasteiger partial charge in [0.05, 0.1) is 22.7 Å². The van der Waals surface area contributed by atoms with Crippen LogP contribution in [0, 0.1) is 23.2 Å². The van der Waals surface area contributed by atoms with Crippen LogP contribution in [0.3, 0.4) is 0 Å². The normalized spacial score (nSPS) is 28.6. The minimum Gasteiger partial charge on any atom is -0.367 e. The van der Waals surface area contributed by atoms with Crippen LogP contribution < -0.4 is 10.2 Å². The van der Waals surface area contributed by atoms with Gasteiger partial charge in [0.15, 0.2) is 0 Å². The molecule has 4 aliphatic rings. The number of piperidine rings is 1. The number of hydrogen-bond acceptors (Lipinski definition) is 3. The van der Waals surface area contributed by atoms with Gasteiger partial charge in [0, 0.05) is 30.9 Å². The number of nitrogens with one attached hydrogen (secondary N) is 1. The molecule has 1 N–H and O–H groups in total. The van der Waals surface area contributed by atoms with Gasteiger partial charge >= 0.3 is 6.03 Å². The third-order valence-electron chi connectivity index (χ3n) is 5.52. The van der Waals surface area contributed by atoms with E-state index in [-0.39, 0.29) is 11.9 Å². The van der Waals surface area contributed by atoms with E-state index in [1.54, 1.807) is 0 Å². The van der Waals surface area contributed by atoms with Gasteiger partial charge in [-0.25, -0.2) is 4.79 Å². The van der Waals surface area contributed by atoms with Crippen LogP contribution in [-0.2, 0) is 0 Å². The van der Waals surface area contributed by atoms with Crippen LogP contribution in [0.4, 0.5) is 16.2 Å². The third-order valence-corrected chi connectivity index (χ3v) is 5.84. The second-order valence-electron chi connectivity index (χ2n) is 7.35. The van der Waals surface area contributed by atoms with E-state index in [9.17, 15) is 4.79 Å². The van der Waals surface area contributed by atoms with Crippen LogP contribution in [0.5, 0.6) is 0 Å². The highest BCUT2D eigenvalue weighted by atomic mass is 35.5. The van der Waals surface area contributed by atoms with Crippen molar-refractivity contribution in [2.24, 2.45) is 11.8 Å². The maximum absolute atomic E-state index is 12.6. The molecule has 3 aliphatic heterocycles. The zero-order valence-corrected chi connectivity index (χ0v) is 14.5. The molecule has 5 rings (SSSR count).